The number of rotatable bonds is 4. The Morgan fingerprint density at radius 2 is 2.04 bits per heavy atom. The molecule has 1 saturated carbocycles. The molecule has 2 aliphatic heterocycles. The second-order valence-corrected chi connectivity index (χ2v) is 6.85. The molecule has 1 aromatic carbocycles. The lowest BCUT2D eigenvalue weighted by Crippen LogP contribution is -2.58. The van der Waals surface area contributed by atoms with Crippen molar-refractivity contribution in [3.8, 4) is 17.2 Å². The zero-order chi connectivity index (χ0) is 16.6. The molecule has 1 aromatic rings. The third-order valence-electron chi connectivity index (χ3n) is 5.50. The van der Waals surface area contributed by atoms with E-state index in [0.717, 1.165) is 32.5 Å². The van der Waals surface area contributed by atoms with E-state index in [4.69, 9.17) is 18.9 Å². The van der Waals surface area contributed by atoms with E-state index in [2.05, 4.69) is 5.32 Å². The number of fused-ring (bicyclic) bond motifs is 1. The van der Waals surface area contributed by atoms with Gasteiger partial charge in [-0.2, -0.15) is 0 Å². The van der Waals surface area contributed by atoms with Gasteiger partial charge in [-0.25, -0.2) is 0 Å². The van der Waals surface area contributed by atoms with Gasteiger partial charge in [0.2, 0.25) is 6.79 Å². The lowest BCUT2D eigenvalue weighted by Gasteiger charge is -2.52. The number of nitrogens with one attached hydrogen (secondary N) is 1. The lowest BCUT2D eigenvalue weighted by atomic mass is 9.60. The van der Waals surface area contributed by atoms with E-state index in [1.165, 1.54) is 6.42 Å². The second-order valence-electron chi connectivity index (χ2n) is 6.85. The van der Waals surface area contributed by atoms with Crippen LogP contribution in [0.1, 0.15) is 32.6 Å². The summed E-state index contributed by atoms with van der Waals surface area (Å²) in [5.41, 5.74) is 0.242. The maximum Gasteiger partial charge on any atom is 0.261 e. The Morgan fingerprint density at radius 1 is 1.25 bits per heavy atom. The Labute approximate surface area is 141 Å². The van der Waals surface area contributed by atoms with Gasteiger partial charge >= 0.3 is 0 Å². The molecule has 6 nitrogen and oxygen atoms in total. The van der Waals surface area contributed by atoms with Crippen molar-refractivity contribution in [2.75, 3.05) is 20.0 Å². The number of carbonyl (C=O) groups excluding carboxylic acids is 1. The van der Waals surface area contributed by atoms with Crippen molar-refractivity contribution in [2.45, 2.75) is 44.8 Å². The van der Waals surface area contributed by atoms with E-state index >= 15 is 0 Å². The van der Waals surface area contributed by atoms with Crippen LogP contribution in [0.2, 0.25) is 0 Å². The van der Waals surface area contributed by atoms with Crippen LogP contribution in [0.25, 0.3) is 0 Å². The summed E-state index contributed by atoms with van der Waals surface area (Å²) in [5.74, 6) is 1.90. The van der Waals surface area contributed by atoms with Gasteiger partial charge in [-0.05, 0) is 50.2 Å². The van der Waals surface area contributed by atoms with Crippen LogP contribution >= 0.6 is 0 Å². The molecular formula is C18H23NO5. The van der Waals surface area contributed by atoms with E-state index < -0.39 is 6.10 Å². The molecule has 2 unspecified atom stereocenters. The van der Waals surface area contributed by atoms with Crippen LogP contribution in [0.15, 0.2) is 18.2 Å². The summed E-state index contributed by atoms with van der Waals surface area (Å²) in [7, 11) is 0. The zero-order valence-corrected chi connectivity index (χ0v) is 13.9. The summed E-state index contributed by atoms with van der Waals surface area (Å²) in [4.78, 5) is 12.5. The molecule has 0 aromatic heterocycles. The van der Waals surface area contributed by atoms with Crippen molar-refractivity contribution in [3.63, 3.8) is 0 Å². The SMILES string of the molecule is CC(Oc1ccc2c(c1)OCO2)C(=O)NC1CCC12CCOCC2. The van der Waals surface area contributed by atoms with E-state index in [0.29, 0.717) is 17.2 Å². The fourth-order valence-electron chi connectivity index (χ4n) is 3.80. The number of benzene rings is 1. The quantitative estimate of drug-likeness (QED) is 0.915. The van der Waals surface area contributed by atoms with Crippen molar-refractivity contribution in [1.82, 2.24) is 5.32 Å². The molecule has 2 heterocycles. The number of amides is 1. The third kappa shape index (κ3) is 2.79. The van der Waals surface area contributed by atoms with Gasteiger partial charge in [-0.15, -0.1) is 0 Å². The second kappa shape index (κ2) is 6.16. The molecule has 130 valence electrons. The molecule has 1 saturated heterocycles. The van der Waals surface area contributed by atoms with Gasteiger partial charge in [0.1, 0.15) is 5.75 Å². The van der Waals surface area contributed by atoms with Crippen molar-refractivity contribution < 1.29 is 23.7 Å². The summed E-state index contributed by atoms with van der Waals surface area (Å²) >= 11 is 0. The lowest BCUT2D eigenvalue weighted by molar-refractivity contribution is -0.133. The van der Waals surface area contributed by atoms with Crippen LogP contribution < -0.4 is 19.5 Å². The first kappa shape index (κ1) is 15.6. The molecule has 1 amide bonds. The average molecular weight is 333 g/mol. The zero-order valence-electron chi connectivity index (χ0n) is 13.9. The molecule has 0 radical (unpaired) electrons. The molecule has 3 aliphatic rings. The Kier molecular flexibility index (Phi) is 4.00. The van der Waals surface area contributed by atoms with Gasteiger partial charge in [0.15, 0.2) is 17.6 Å². The molecular weight excluding hydrogens is 310 g/mol. The summed E-state index contributed by atoms with van der Waals surface area (Å²) < 4.78 is 21.8. The third-order valence-corrected chi connectivity index (χ3v) is 5.50. The van der Waals surface area contributed by atoms with Crippen LogP contribution in [-0.4, -0.2) is 38.1 Å². The monoisotopic (exact) mass is 333 g/mol. The first-order valence-electron chi connectivity index (χ1n) is 8.61. The molecule has 2 atom stereocenters. The molecule has 0 bridgehead atoms. The van der Waals surface area contributed by atoms with Crippen LogP contribution in [0, 0.1) is 5.41 Å². The van der Waals surface area contributed by atoms with Crippen molar-refractivity contribution in [1.29, 1.82) is 0 Å². The van der Waals surface area contributed by atoms with Gasteiger partial charge in [0.25, 0.3) is 5.91 Å². The van der Waals surface area contributed by atoms with Gasteiger partial charge in [0.05, 0.1) is 0 Å². The normalized spacial score (nSPS) is 25.0. The molecule has 1 aliphatic carbocycles. The van der Waals surface area contributed by atoms with E-state index in [1.807, 2.05) is 0 Å². The fourth-order valence-corrected chi connectivity index (χ4v) is 3.80. The molecule has 1 N–H and O–H groups in total. The van der Waals surface area contributed by atoms with E-state index in [1.54, 1.807) is 25.1 Å². The van der Waals surface area contributed by atoms with Crippen molar-refractivity contribution >= 4 is 5.91 Å². The number of carbonyl (C=O) groups is 1. The first-order valence-corrected chi connectivity index (χ1v) is 8.61. The summed E-state index contributed by atoms with van der Waals surface area (Å²) in [5, 5.41) is 3.17. The molecule has 6 heteroatoms. The topological polar surface area (TPSA) is 66.0 Å². The minimum atomic E-state index is -0.553. The van der Waals surface area contributed by atoms with Crippen LogP contribution in [0.5, 0.6) is 17.2 Å². The maximum absolute atomic E-state index is 12.5. The number of ether oxygens (including phenoxy) is 4. The Balaban J connectivity index is 1.34. The molecule has 2 fully saturated rings. The Bertz CT molecular complexity index is 626. The van der Waals surface area contributed by atoms with E-state index in [9.17, 15) is 4.79 Å². The van der Waals surface area contributed by atoms with Crippen LogP contribution in [0.4, 0.5) is 0 Å². The average Bonchev–Trinajstić information content (AvgIpc) is 3.07. The van der Waals surface area contributed by atoms with Crippen molar-refractivity contribution in [3.05, 3.63) is 18.2 Å². The molecule has 1 spiro atoms. The van der Waals surface area contributed by atoms with Crippen molar-refractivity contribution in [2.24, 2.45) is 5.41 Å². The largest absolute Gasteiger partial charge is 0.481 e. The van der Waals surface area contributed by atoms with Gasteiger partial charge in [-0.3, -0.25) is 4.79 Å². The van der Waals surface area contributed by atoms with E-state index in [-0.39, 0.29) is 24.2 Å². The highest BCUT2D eigenvalue weighted by Gasteiger charge is 2.48. The molecule has 4 rings (SSSR count). The predicted octanol–water partition coefficient (Wildman–Crippen LogP) is 2.26. The summed E-state index contributed by atoms with van der Waals surface area (Å²) in [6, 6.07) is 5.60. The molecule has 24 heavy (non-hydrogen) atoms. The summed E-state index contributed by atoms with van der Waals surface area (Å²) in [6.07, 6.45) is 3.74. The fraction of sp³-hybridized carbons (Fsp3) is 0.611. The smallest absolute Gasteiger partial charge is 0.261 e. The standard InChI is InChI=1S/C18H23NO5/c1-12(24-13-2-3-14-15(10-13)23-11-22-14)17(20)19-16-4-5-18(16)6-8-21-9-7-18/h2-3,10,12,16H,4-9,11H2,1H3,(H,19,20). The predicted molar refractivity (Wildman–Crippen MR) is 86.3 cm³/mol. The highest BCUT2D eigenvalue weighted by molar-refractivity contribution is 5.81. The van der Waals surface area contributed by atoms with Gasteiger partial charge < -0.3 is 24.3 Å². The number of hydrogen-bond acceptors (Lipinski definition) is 5. The highest BCUT2D eigenvalue weighted by atomic mass is 16.7. The Morgan fingerprint density at radius 3 is 2.79 bits per heavy atom. The van der Waals surface area contributed by atoms with Gasteiger partial charge in [-0.1, -0.05) is 0 Å². The van der Waals surface area contributed by atoms with Crippen LogP contribution in [-0.2, 0) is 9.53 Å². The van der Waals surface area contributed by atoms with Crippen LogP contribution in [0.3, 0.4) is 0 Å². The first-order chi connectivity index (χ1) is 11.7. The highest BCUT2D eigenvalue weighted by Crippen LogP contribution is 2.48. The summed E-state index contributed by atoms with van der Waals surface area (Å²) in [6.45, 7) is 3.60. The Hall–Kier alpha value is -1.95. The van der Waals surface area contributed by atoms with Gasteiger partial charge in [0, 0.05) is 25.3 Å². The number of hydrogen-bond donors (Lipinski definition) is 1. The minimum Gasteiger partial charge on any atom is -0.481 e. The maximum atomic E-state index is 12.5. The minimum absolute atomic E-state index is 0.0665.